The van der Waals surface area contributed by atoms with Gasteiger partial charge in [-0.3, -0.25) is 4.79 Å². The molecule has 2 aromatic carbocycles. The highest BCUT2D eigenvalue weighted by molar-refractivity contribution is 5.69. The minimum absolute atomic E-state index is 0.109. The standard InChI is InChI=1S/C33H52NO3/c1-4-5-6-7-8-9-10-11-13-19-30-22-16-23-32(28-30)36-26-18-27-37-33(35)24-17-25-34(2,3)29-31-20-14-12-15-21-31/h12,14-16,20-23,28H,4-11,13,17-19,24-27,29H2,1-3H3/q+1. The number of nitrogens with zero attached hydrogens (tertiary/aromatic N) is 1. The van der Waals surface area contributed by atoms with Crippen molar-refractivity contribution < 1.29 is 18.8 Å². The molecule has 4 heteroatoms. The van der Waals surface area contributed by atoms with E-state index in [-0.39, 0.29) is 5.97 Å². The summed E-state index contributed by atoms with van der Waals surface area (Å²) >= 11 is 0. The molecule has 4 nitrogen and oxygen atoms in total. The third-order valence-corrected chi connectivity index (χ3v) is 6.89. The van der Waals surface area contributed by atoms with Crippen LogP contribution in [-0.4, -0.2) is 44.3 Å². The average Bonchev–Trinajstić information content (AvgIpc) is 2.88. The molecule has 0 saturated heterocycles. The number of aryl methyl sites for hydroxylation is 1. The van der Waals surface area contributed by atoms with Gasteiger partial charge in [-0.1, -0.05) is 101 Å². The fourth-order valence-electron chi connectivity index (χ4n) is 4.75. The van der Waals surface area contributed by atoms with Crippen LogP contribution in [0.25, 0.3) is 0 Å². The Morgan fingerprint density at radius 2 is 1.41 bits per heavy atom. The summed E-state index contributed by atoms with van der Waals surface area (Å²) in [6, 6.07) is 19.0. The molecule has 0 aliphatic carbocycles. The zero-order chi connectivity index (χ0) is 26.6. The van der Waals surface area contributed by atoms with Crippen molar-refractivity contribution in [1.29, 1.82) is 0 Å². The number of hydrogen-bond donors (Lipinski definition) is 0. The first-order valence-electron chi connectivity index (χ1n) is 14.7. The molecule has 0 aliphatic rings. The highest BCUT2D eigenvalue weighted by Gasteiger charge is 2.16. The molecule has 2 aromatic rings. The van der Waals surface area contributed by atoms with Crippen LogP contribution < -0.4 is 4.74 Å². The van der Waals surface area contributed by atoms with Gasteiger partial charge in [0.1, 0.15) is 12.3 Å². The van der Waals surface area contributed by atoms with Crippen molar-refractivity contribution in [3.8, 4) is 5.75 Å². The lowest BCUT2D eigenvalue weighted by molar-refractivity contribution is -0.903. The minimum Gasteiger partial charge on any atom is -0.493 e. The molecule has 0 fully saturated rings. The minimum atomic E-state index is -0.109. The van der Waals surface area contributed by atoms with Gasteiger partial charge in [0.15, 0.2) is 0 Å². The number of quaternary nitrogens is 1. The number of unbranched alkanes of at least 4 members (excludes halogenated alkanes) is 8. The van der Waals surface area contributed by atoms with Gasteiger partial charge >= 0.3 is 5.97 Å². The fourth-order valence-corrected chi connectivity index (χ4v) is 4.75. The summed E-state index contributed by atoms with van der Waals surface area (Å²) < 4.78 is 12.2. The van der Waals surface area contributed by atoms with Crippen molar-refractivity contribution in [3.05, 3.63) is 65.7 Å². The second-order valence-corrected chi connectivity index (χ2v) is 11.1. The molecule has 206 valence electrons. The second kappa shape index (κ2) is 18.8. The molecule has 0 aromatic heterocycles. The van der Waals surface area contributed by atoms with Crippen LogP contribution in [-0.2, 0) is 22.5 Å². The fraction of sp³-hybridized carbons (Fsp3) is 0.606. The van der Waals surface area contributed by atoms with Crippen LogP contribution in [0.1, 0.15) is 95.1 Å². The highest BCUT2D eigenvalue weighted by atomic mass is 16.5. The van der Waals surface area contributed by atoms with Crippen molar-refractivity contribution in [2.75, 3.05) is 33.9 Å². The lowest BCUT2D eigenvalue weighted by Crippen LogP contribution is -2.39. The summed E-state index contributed by atoms with van der Waals surface area (Å²) in [6.45, 7) is 5.17. The van der Waals surface area contributed by atoms with Crippen LogP contribution in [0, 0.1) is 0 Å². The van der Waals surface area contributed by atoms with E-state index in [0.29, 0.717) is 26.1 Å². The van der Waals surface area contributed by atoms with E-state index in [1.165, 1.54) is 68.9 Å². The number of carbonyl (C=O) groups excluding carboxylic acids is 1. The van der Waals surface area contributed by atoms with Crippen molar-refractivity contribution in [3.63, 3.8) is 0 Å². The monoisotopic (exact) mass is 510 g/mol. The van der Waals surface area contributed by atoms with Gasteiger partial charge in [-0.25, -0.2) is 0 Å². The molecule has 0 amide bonds. The van der Waals surface area contributed by atoms with E-state index in [2.05, 4.69) is 63.5 Å². The molecule has 0 saturated carbocycles. The Balaban J connectivity index is 1.49. The first kappa shape index (κ1) is 30.9. The van der Waals surface area contributed by atoms with Crippen molar-refractivity contribution in [2.45, 2.75) is 96.9 Å². The van der Waals surface area contributed by atoms with Gasteiger partial charge in [0.25, 0.3) is 0 Å². The zero-order valence-corrected chi connectivity index (χ0v) is 23.9. The number of hydrogen-bond acceptors (Lipinski definition) is 3. The third-order valence-electron chi connectivity index (χ3n) is 6.89. The Hall–Kier alpha value is -2.33. The van der Waals surface area contributed by atoms with E-state index >= 15 is 0 Å². The van der Waals surface area contributed by atoms with Crippen LogP contribution in [0.3, 0.4) is 0 Å². The van der Waals surface area contributed by atoms with E-state index in [1.54, 1.807) is 0 Å². The molecule has 0 radical (unpaired) electrons. The van der Waals surface area contributed by atoms with Crippen LogP contribution in [0.5, 0.6) is 5.75 Å². The molecule has 0 heterocycles. The Kier molecular flexibility index (Phi) is 15.7. The molecule has 2 rings (SSSR count). The average molecular weight is 511 g/mol. The normalized spacial score (nSPS) is 11.4. The predicted octanol–water partition coefficient (Wildman–Crippen LogP) is 8.13. The van der Waals surface area contributed by atoms with Gasteiger partial charge in [0.05, 0.1) is 40.3 Å². The molecule has 0 unspecified atom stereocenters. The topological polar surface area (TPSA) is 35.5 Å². The molecule has 37 heavy (non-hydrogen) atoms. The molecule has 0 aliphatic heterocycles. The third kappa shape index (κ3) is 15.5. The second-order valence-electron chi connectivity index (χ2n) is 11.1. The van der Waals surface area contributed by atoms with E-state index in [1.807, 2.05) is 12.1 Å². The molecule has 0 spiro atoms. The van der Waals surface area contributed by atoms with E-state index in [0.717, 1.165) is 36.2 Å². The maximum atomic E-state index is 12.1. The van der Waals surface area contributed by atoms with Crippen molar-refractivity contribution in [1.82, 2.24) is 0 Å². The number of esters is 1. The lowest BCUT2D eigenvalue weighted by Gasteiger charge is -2.29. The van der Waals surface area contributed by atoms with Crippen LogP contribution in [0.4, 0.5) is 0 Å². The zero-order valence-electron chi connectivity index (χ0n) is 23.9. The quantitative estimate of drug-likeness (QED) is 0.0966. The Morgan fingerprint density at radius 1 is 0.730 bits per heavy atom. The number of carbonyl (C=O) groups is 1. The maximum absolute atomic E-state index is 12.1. The summed E-state index contributed by atoms with van der Waals surface area (Å²) in [4.78, 5) is 12.1. The summed E-state index contributed by atoms with van der Waals surface area (Å²) in [5.41, 5.74) is 2.67. The first-order chi connectivity index (χ1) is 18.0. The van der Waals surface area contributed by atoms with E-state index < -0.39 is 0 Å². The molecule has 0 bridgehead atoms. The number of ether oxygens (including phenoxy) is 2. The smallest absolute Gasteiger partial charge is 0.306 e. The molecular weight excluding hydrogens is 458 g/mol. The van der Waals surface area contributed by atoms with E-state index in [9.17, 15) is 4.79 Å². The Labute approximate surface area is 227 Å². The van der Waals surface area contributed by atoms with Gasteiger partial charge in [-0.05, 0) is 30.5 Å². The maximum Gasteiger partial charge on any atom is 0.306 e. The number of benzene rings is 2. The highest BCUT2D eigenvalue weighted by Crippen LogP contribution is 2.17. The summed E-state index contributed by atoms with van der Waals surface area (Å²) in [7, 11) is 4.42. The van der Waals surface area contributed by atoms with E-state index in [4.69, 9.17) is 9.47 Å². The van der Waals surface area contributed by atoms with Gasteiger partial charge in [0, 0.05) is 18.4 Å². The molecular formula is C33H52NO3+. The largest absolute Gasteiger partial charge is 0.493 e. The number of rotatable bonds is 21. The SMILES string of the molecule is CCCCCCCCCCCc1cccc(OCCCOC(=O)CCC[N+](C)(C)Cc2ccccc2)c1. The molecule has 0 atom stereocenters. The van der Waals surface area contributed by atoms with Gasteiger partial charge in [-0.2, -0.15) is 0 Å². The first-order valence-corrected chi connectivity index (χ1v) is 14.7. The van der Waals surface area contributed by atoms with Crippen LogP contribution >= 0.6 is 0 Å². The summed E-state index contributed by atoms with van der Waals surface area (Å²) in [5.74, 6) is 0.806. The van der Waals surface area contributed by atoms with Gasteiger partial charge < -0.3 is 14.0 Å². The van der Waals surface area contributed by atoms with Gasteiger partial charge in [-0.15, -0.1) is 0 Å². The van der Waals surface area contributed by atoms with Crippen molar-refractivity contribution >= 4 is 5.97 Å². The lowest BCUT2D eigenvalue weighted by atomic mass is 10.0. The van der Waals surface area contributed by atoms with Crippen LogP contribution in [0.2, 0.25) is 0 Å². The van der Waals surface area contributed by atoms with Gasteiger partial charge in [0.2, 0.25) is 0 Å². The summed E-state index contributed by atoms with van der Waals surface area (Å²) in [6.07, 6.45) is 15.3. The summed E-state index contributed by atoms with van der Waals surface area (Å²) in [5, 5.41) is 0. The Morgan fingerprint density at radius 3 is 2.14 bits per heavy atom. The Bertz CT molecular complexity index is 850. The predicted molar refractivity (Wildman–Crippen MR) is 155 cm³/mol. The van der Waals surface area contributed by atoms with Crippen molar-refractivity contribution in [2.24, 2.45) is 0 Å². The molecule has 0 N–H and O–H groups in total. The van der Waals surface area contributed by atoms with Crippen LogP contribution in [0.15, 0.2) is 54.6 Å².